The van der Waals surface area contributed by atoms with Gasteiger partial charge in [0.2, 0.25) is 11.8 Å². The molecule has 1 aromatic rings. The van der Waals surface area contributed by atoms with Crippen molar-refractivity contribution >= 4 is 17.6 Å². The summed E-state index contributed by atoms with van der Waals surface area (Å²) in [6.45, 7) is 7.79. The number of carbonyl (C=O) groups excluding carboxylic acids is 2. The molecule has 2 fully saturated rings. The number of anilines is 1. The second kappa shape index (κ2) is 8.64. The van der Waals surface area contributed by atoms with Gasteiger partial charge in [-0.15, -0.1) is 0 Å². The molecule has 2 aliphatic rings. The average Bonchev–Trinajstić information content (AvgIpc) is 2.91. The van der Waals surface area contributed by atoms with Crippen LogP contribution in [0, 0.1) is 6.92 Å². The Balaban J connectivity index is 1.55. The maximum Gasteiger partial charge on any atom is 0.242 e. The van der Waals surface area contributed by atoms with Crippen LogP contribution in [-0.2, 0) is 9.59 Å². The van der Waals surface area contributed by atoms with Gasteiger partial charge in [-0.2, -0.15) is 0 Å². The quantitative estimate of drug-likeness (QED) is 0.811. The second-order valence-corrected chi connectivity index (χ2v) is 7.11. The number of hydrogen-bond donors (Lipinski definition) is 2. The molecule has 2 atom stereocenters. The fourth-order valence-electron chi connectivity index (χ4n) is 3.88. The molecule has 26 heavy (non-hydrogen) atoms. The fraction of sp³-hybridized carbons (Fsp3) is 0.722. The van der Waals surface area contributed by atoms with E-state index in [0.717, 1.165) is 58.4 Å². The van der Waals surface area contributed by atoms with E-state index in [1.807, 2.05) is 6.92 Å². The first kappa shape index (κ1) is 18.8. The van der Waals surface area contributed by atoms with Gasteiger partial charge in [0.25, 0.3) is 0 Å². The van der Waals surface area contributed by atoms with E-state index in [1.165, 1.54) is 0 Å². The van der Waals surface area contributed by atoms with Crippen molar-refractivity contribution in [1.82, 2.24) is 20.3 Å². The molecule has 0 spiro atoms. The summed E-state index contributed by atoms with van der Waals surface area (Å²) in [5.41, 5.74) is 0. The summed E-state index contributed by atoms with van der Waals surface area (Å²) in [5.74, 6) is 1.23. The monoisotopic (exact) mass is 363 g/mol. The van der Waals surface area contributed by atoms with Crippen molar-refractivity contribution in [3.05, 3.63) is 11.8 Å². The zero-order chi connectivity index (χ0) is 18.5. The summed E-state index contributed by atoms with van der Waals surface area (Å²) in [7, 11) is 0. The third kappa shape index (κ3) is 4.42. The number of rotatable bonds is 5. The number of hydrogen-bond acceptors (Lipinski definition) is 6. The number of aromatic nitrogens is 1. The minimum absolute atomic E-state index is 0.0216. The number of nitrogens with one attached hydrogen (secondary N) is 2. The molecule has 2 N–H and O–H groups in total. The first-order valence-corrected chi connectivity index (χ1v) is 9.58. The smallest absolute Gasteiger partial charge is 0.242 e. The molecular weight excluding hydrogens is 334 g/mol. The summed E-state index contributed by atoms with van der Waals surface area (Å²) in [4.78, 5) is 29.3. The molecular formula is C18H29N5O3. The molecule has 2 saturated heterocycles. The molecule has 1 aromatic heterocycles. The van der Waals surface area contributed by atoms with Gasteiger partial charge in [0.15, 0.2) is 5.82 Å². The Labute approximate surface area is 154 Å². The van der Waals surface area contributed by atoms with Crippen LogP contribution in [0.15, 0.2) is 10.6 Å². The second-order valence-electron chi connectivity index (χ2n) is 7.11. The molecule has 3 rings (SSSR count). The minimum atomic E-state index is -0.197. The highest BCUT2D eigenvalue weighted by atomic mass is 16.5. The molecule has 0 radical (unpaired) electrons. The van der Waals surface area contributed by atoms with Crippen LogP contribution in [0.3, 0.4) is 0 Å². The van der Waals surface area contributed by atoms with Gasteiger partial charge in [0, 0.05) is 38.8 Å². The SMILES string of the molecule is CC[C@@H](C(=O)Nc1cc(C)on1)N1CCN([C@H]2CCCCNC2=O)CC1. The summed E-state index contributed by atoms with van der Waals surface area (Å²) < 4.78 is 5.00. The van der Waals surface area contributed by atoms with Gasteiger partial charge in [-0.3, -0.25) is 19.4 Å². The van der Waals surface area contributed by atoms with Gasteiger partial charge in [-0.05, 0) is 32.6 Å². The Kier molecular flexibility index (Phi) is 6.26. The topological polar surface area (TPSA) is 90.7 Å². The van der Waals surface area contributed by atoms with Gasteiger partial charge in [0.1, 0.15) is 5.76 Å². The number of carbonyl (C=O) groups is 2. The Morgan fingerprint density at radius 3 is 2.81 bits per heavy atom. The van der Waals surface area contributed by atoms with E-state index >= 15 is 0 Å². The van der Waals surface area contributed by atoms with Gasteiger partial charge in [-0.1, -0.05) is 12.1 Å². The van der Waals surface area contributed by atoms with E-state index in [4.69, 9.17) is 4.52 Å². The van der Waals surface area contributed by atoms with Gasteiger partial charge >= 0.3 is 0 Å². The van der Waals surface area contributed by atoms with Crippen LogP contribution in [0.1, 0.15) is 38.4 Å². The minimum Gasteiger partial charge on any atom is -0.360 e. The molecule has 8 nitrogen and oxygen atoms in total. The van der Waals surface area contributed by atoms with Crippen molar-refractivity contribution < 1.29 is 14.1 Å². The van der Waals surface area contributed by atoms with Crippen LogP contribution in [0.4, 0.5) is 5.82 Å². The number of amides is 2. The number of piperazine rings is 1. The molecule has 0 aliphatic carbocycles. The fourth-order valence-corrected chi connectivity index (χ4v) is 3.88. The normalized spacial score (nSPS) is 23.9. The first-order chi connectivity index (χ1) is 12.6. The van der Waals surface area contributed by atoms with E-state index in [1.54, 1.807) is 13.0 Å². The molecule has 0 bridgehead atoms. The summed E-state index contributed by atoms with van der Waals surface area (Å²) in [6.07, 6.45) is 3.80. The third-order valence-electron chi connectivity index (χ3n) is 5.31. The summed E-state index contributed by atoms with van der Waals surface area (Å²) in [6, 6.07) is 1.50. The van der Waals surface area contributed by atoms with E-state index in [9.17, 15) is 9.59 Å². The maximum atomic E-state index is 12.6. The van der Waals surface area contributed by atoms with Crippen molar-refractivity contribution in [3.8, 4) is 0 Å². The molecule has 144 valence electrons. The molecule has 2 aliphatic heterocycles. The predicted molar refractivity (Wildman–Crippen MR) is 97.7 cm³/mol. The zero-order valence-electron chi connectivity index (χ0n) is 15.7. The first-order valence-electron chi connectivity index (χ1n) is 9.58. The van der Waals surface area contributed by atoms with Crippen molar-refractivity contribution in [2.75, 3.05) is 38.0 Å². The molecule has 0 unspecified atom stereocenters. The number of aryl methyl sites for hydroxylation is 1. The molecule has 2 amide bonds. The third-order valence-corrected chi connectivity index (χ3v) is 5.31. The zero-order valence-corrected chi connectivity index (χ0v) is 15.7. The van der Waals surface area contributed by atoms with Crippen molar-refractivity contribution in [1.29, 1.82) is 0 Å². The van der Waals surface area contributed by atoms with Crippen molar-refractivity contribution in [2.45, 2.75) is 51.6 Å². The predicted octanol–water partition coefficient (Wildman–Crippen LogP) is 0.986. The lowest BCUT2D eigenvalue weighted by Crippen LogP contribution is -2.57. The lowest BCUT2D eigenvalue weighted by molar-refractivity contribution is -0.128. The maximum absolute atomic E-state index is 12.6. The molecule has 8 heteroatoms. The van der Waals surface area contributed by atoms with Gasteiger partial charge in [0.05, 0.1) is 12.1 Å². The van der Waals surface area contributed by atoms with E-state index in [0.29, 0.717) is 11.6 Å². The average molecular weight is 363 g/mol. The highest BCUT2D eigenvalue weighted by molar-refractivity contribution is 5.94. The van der Waals surface area contributed by atoms with Crippen LogP contribution in [0.5, 0.6) is 0 Å². The Hall–Kier alpha value is -1.93. The van der Waals surface area contributed by atoms with Gasteiger partial charge < -0.3 is 15.2 Å². The lowest BCUT2D eigenvalue weighted by atomic mass is 10.1. The molecule has 0 saturated carbocycles. The van der Waals surface area contributed by atoms with Crippen molar-refractivity contribution in [3.63, 3.8) is 0 Å². The van der Waals surface area contributed by atoms with Crippen molar-refractivity contribution in [2.24, 2.45) is 0 Å². The van der Waals surface area contributed by atoms with Crippen LogP contribution < -0.4 is 10.6 Å². The van der Waals surface area contributed by atoms with Crippen LogP contribution in [-0.4, -0.2) is 71.6 Å². The molecule has 0 aromatic carbocycles. The van der Waals surface area contributed by atoms with E-state index in [-0.39, 0.29) is 23.9 Å². The van der Waals surface area contributed by atoms with Gasteiger partial charge in [-0.25, -0.2) is 0 Å². The van der Waals surface area contributed by atoms with Crippen LogP contribution in [0.25, 0.3) is 0 Å². The highest BCUT2D eigenvalue weighted by Crippen LogP contribution is 2.18. The largest absolute Gasteiger partial charge is 0.360 e. The van der Waals surface area contributed by atoms with Crippen LogP contribution in [0.2, 0.25) is 0 Å². The summed E-state index contributed by atoms with van der Waals surface area (Å²) >= 11 is 0. The van der Waals surface area contributed by atoms with Crippen LogP contribution >= 0.6 is 0 Å². The van der Waals surface area contributed by atoms with E-state index in [2.05, 4.69) is 25.6 Å². The Morgan fingerprint density at radius 1 is 1.38 bits per heavy atom. The van der Waals surface area contributed by atoms with E-state index < -0.39 is 0 Å². The Bertz CT molecular complexity index is 624. The Morgan fingerprint density at radius 2 is 2.15 bits per heavy atom. The summed E-state index contributed by atoms with van der Waals surface area (Å²) in [5, 5.41) is 9.68. The lowest BCUT2D eigenvalue weighted by Gasteiger charge is -2.40. The molecule has 3 heterocycles. The standard InChI is InChI=1S/C18H29N5O3/c1-3-14(18(25)20-16-12-13(2)26-21-16)22-8-10-23(11-9-22)15-6-4-5-7-19-17(15)24/h12,14-15H,3-11H2,1-2H3,(H,19,24)(H,20,21,25)/t14-,15-/m0/s1. The highest BCUT2D eigenvalue weighted by Gasteiger charge is 2.33. The number of nitrogens with zero attached hydrogens (tertiary/aromatic N) is 3.